The predicted molar refractivity (Wildman–Crippen MR) is 132 cm³/mol. The smallest absolute Gasteiger partial charge is 0.227 e. The van der Waals surface area contributed by atoms with Crippen LogP contribution in [0.2, 0.25) is 0 Å². The Balaban J connectivity index is 1.32. The van der Waals surface area contributed by atoms with Gasteiger partial charge in [-0.1, -0.05) is 12.1 Å². The van der Waals surface area contributed by atoms with Gasteiger partial charge in [-0.25, -0.2) is 9.37 Å². The predicted octanol–water partition coefficient (Wildman–Crippen LogP) is 3.93. The maximum absolute atomic E-state index is 13.6. The molecule has 6 nitrogen and oxygen atoms in total. The average molecular weight is 464 g/mol. The van der Waals surface area contributed by atoms with Crippen LogP contribution in [0.15, 0.2) is 48.5 Å². The summed E-state index contributed by atoms with van der Waals surface area (Å²) in [6, 6.07) is 15.2. The maximum atomic E-state index is 13.6. The SMILES string of the molecule is CC(C)N1CCN(C(=O)[C@@H]2CCCN(Cc3nc4ccccc4n3-c3ccc(F)cc3)C2)CC1. The number of carbonyl (C=O) groups excluding carboxylic acids is 1. The molecule has 0 bridgehead atoms. The molecule has 5 rings (SSSR count). The number of nitrogens with zero attached hydrogens (tertiary/aromatic N) is 5. The van der Waals surface area contributed by atoms with E-state index in [0.29, 0.717) is 18.5 Å². The summed E-state index contributed by atoms with van der Waals surface area (Å²) in [5, 5.41) is 0. The fourth-order valence-corrected chi connectivity index (χ4v) is 5.38. The zero-order valence-corrected chi connectivity index (χ0v) is 20.2. The summed E-state index contributed by atoms with van der Waals surface area (Å²) in [6.45, 7) is 10.4. The summed E-state index contributed by atoms with van der Waals surface area (Å²) in [4.78, 5) is 25.1. The van der Waals surface area contributed by atoms with Crippen LogP contribution in [0, 0.1) is 11.7 Å². The molecule has 2 aromatic carbocycles. The molecule has 3 aromatic rings. The summed E-state index contributed by atoms with van der Waals surface area (Å²) in [5.74, 6) is 1.02. The minimum absolute atomic E-state index is 0.0444. The van der Waals surface area contributed by atoms with Gasteiger partial charge in [0.2, 0.25) is 5.91 Å². The Hall–Kier alpha value is -2.77. The fourth-order valence-electron chi connectivity index (χ4n) is 5.38. The monoisotopic (exact) mass is 463 g/mol. The van der Waals surface area contributed by atoms with Crippen molar-refractivity contribution in [2.45, 2.75) is 39.3 Å². The van der Waals surface area contributed by atoms with E-state index in [9.17, 15) is 9.18 Å². The van der Waals surface area contributed by atoms with Gasteiger partial charge in [-0.15, -0.1) is 0 Å². The number of rotatable bonds is 5. The highest BCUT2D eigenvalue weighted by atomic mass is 19.1. The van der Waals surface area contributed by atoms with E-state index in [1.54, 1.807) is 12.1 Å². The van der Waals surface area contributed by atoms with E-state index in [1.165, 1.54) is 12.1 Å². The number of piperazine rings is 1. The number of amides is 1. The summed E-state index contributed by atoms with van der Waals surface area (Å²) in [7, 11) is 0. The van der Waals surface area contributed by atoms with Gasteiger partial charge in [0.15, 0.2) is 0 Å². The van der Waals surface area contributed by atoms with Gasteiger partial charge in [-0.2, -0.15) is 0 Å². The number of benzene rings is 2. The van der Waals surface area contributed by atoms with Crippen molar-refractivity contribution in [3.8, 4) is 5.69 Å². The standard InChI is InChI=1S/C27H34FN5O/c1-20(2)31-14-16-32(17-15-31)27(34)21-6-5-13-30(18-21)19-26-29-24-7-3-4-8-25(24)33(26)23-11-9-22(28)10-12-23/h3-4,7-12,20-21H,5-6,13-19H2,1-2H3/t21-/m1/s1. The van der Waals surface area contributed by atoms with E-state index >= 15 is 0 Å². The van der Waals surface area contributed by atoms with Gasteiger partial charge in [-0.05, 0) is 69.6 Å². The molecule has 0 N–H and O–H groups in total. The lowest BCUT2D eigenvalue weighted by Gasteiger charge is -2.40. The highest BCUT2D eigenvalue weighted by Gasteiger charge is 2.32. The number of hydrogen-bond donors (Lipinski definition) is 0. The Bertz CT molecular complexity index is 1130. The largest absolute Gasteiger partial charge is 0.340 e. The molecule has 2 saturated heterocycles. The molecule has 2 fully saturated rings. The van der Waals surface area contributed by atoms with Gasteiger partial charge in [0.25, 0.3) is 0 Å². The van der Waals surface area contributed by atoms with Crippen molar-refractivity contribution in [1.82, 2.24) is 24.3 Å². The first kappa shape index (κ1) is 23.0. The summed E-state index contributed by atoms with van der Waals surface area (Å²) >= 11 is 0. The zero-order valence-electron chi connectivity index (χ0n) is 20.2. The van der Waals surface area contributed by atoms with Crippen LogP contribution in [0.1, 0.15) is 32.5 Å². The number of piperidine rings is 1. The topological polar surface area (TPSA) is 44.6 Å². The van der Waals surface area contributed by atoms with Crippen LogP contribution >= 0.6 is 0 Å². The molecule has 0 spiro atoms. The molecule has 1 amide bonds. The normalized spacial score (nSPS) is 20.4. The Morgan fingerprint density at radius 1 is 1.03 bits per heavy atom. The van der Waals surface area contributed by atoms with Crippen molar-refractivity contribution in [3.05, 3.63) is 60.2 Å². The molecule has 180 valence electrons. The van der Waals surface area contributed by atoms with Crippen molar-refractivity contribution in [2.75, 3.05) is 39.3 Å². The average Bonchev–Trinajstić information content (AvgIpc) is 3.22. The lowest BCUT2D eigenvalue weighted by atomic mass is 9.96. The van der Waals surface area contributed by atoms with Crippen LogP contribution in [0.4, 0.5) is 4.39 Å². The van der Waals surface area contributed by atoms with Crippen molar-refractivity contribution in [2.24, 2.45) is 5.92 Å². The summed E-state index contributed by atoms with van der Waals surface area (Å²) in [5.41, 5.74) is 2.84. The van der Waals surface area contributed by atoms with Crippen molar-refractivity contribution in [1.29, 1.82) is 0 Å². The summed E-state index contributed by atoms with van der Waals surface area (Å²) in [6.07, 6.45) is 1.97. The number of halogens is 1. The molecule has 2 aliphatic rings. The Labute approximate surface area is 201 Å². The molecule has 2 aliphatic heterocycles. The number of likely N-dealkylation sites (tertiary alicyclic amines) is 1. The molecule has 0 unspecified atom stereocenters. The Kier molecular flexibility index (Phi) is 6.66. The second-order valence-electron chi connectivity index (χ2n) is 9.86. The van der Waals surface area contributed by atoms with E-state index in [4.69, 9.17) is 4.98 Å². The molecule has 3 heterocycles. The van der Waals surface area contributed by atoms with Gasteiger partial charge in [0.1, 0.15) is 11.6 Å². The minimum Gasteiger partial charge on any atom is -0.340 e. The lowest BCUT2D eigenvalue weighted by Crippen LogP contribution is -2.53. The first-order chi connectivity index (χ1) is 16.5. The third-order valence-electron chi connectivity index (χ3n) is 7.29. The number of hydrogen-bond acceptors (Lipinski definition) is 4. The zero-order chi connectivity index (χ0) is 23.7. The van der Waals surface area contributed by atoms with Gasteiger partial charge in [0.05, 0.1) is 23.5 Å². The first-order valence-corrected chi connectivity index (χ1v) is 12.5. The Morgan fingerprint density at radius 3 is 2.50 bits per heavy atom. The molecule has 7 heteroatoms. The number of carbonyl (C=O) groups is 1. The van der Waals surface area contributed by atoms with Crippen LogP contribution in [0.3, 0.4) is 0 Å². The van der Waals surface area contributed by atoms with Crippen molar-refractivity contribution >= 4 is 16.9 Å². The van der Waals surface area contributed by atoms with Crippen molar-refractivity contribution < 1.29 is 9.18 Å². The second-order valence-corrected chi connectivity index (χ2v) is 9.86. The van der Waals surface area contributed by atoms with Gasteiger partial charge >= 0.3 is 0 Å². The van der Waals surface area contributed by atoms with Gasteiger partial charge < -0.3 is 4.90 Å². The highest BCUT2D eigenvalue weighted by molar-refractivity contribution is 5.79. The quantitative estimate of drug-likeness (QED) is 0.575. The van der Waals surface area contributed by atoms with Crippen LogP contribution in [-0.2, 0) is 11.3 Å². The molecule has 0 radical (unpaired) electrons. The third kappa shape index (κ3) is 4.72. The summed E-state index contributed by atoms with van der Waals surface area (Å²) < 4.78 is 15.7. The number of aromatic nitrogens is 2. The lowest BCUT2D eigenvalue weighted by molar-refractivity contribution is -0.139. The Morgan fingerprint density at radius 2 is 1.76 bits per heavy atom. The molecule has 0 saturated carbocycles. The first-order valence-electron chi connectivity index (χ1n) is 12.5. The number of para-hydroxylation sites is 2. The van der Waals surface area contributed by atoms with E-state index in [0.717, 1.165) is 74.7 Å². The van der Waals surface area contributed by atoms with Crippen LogP contribution < -0.4 is 0 Å². The van der Waals surface area contributed by atoms with Crippen molar-refractivity contribution in [3.63, 3.8) is 0 Å². The molecule has 1 aromatic heterocycles. The maximum Gasteiger partial charge on any atom is 0.227 e. The van der Waals surface area contributed by atoms with E-state index in [1.807, 2.05) is 18.2 Å². The molecular formula is C27H34FN5O. The minimum atomic E-state index is -0.249. The molecule has 1 atom stereocenters. The third-order valence-corrected chi connectivity index (χ3v) is 7.29. The van der Waals surface area contributed by atoms with E-state index < -0.39 is 0 Å². The highest BCUT2D eigenvalue weighted by Crippen LogP contribution is 2.26. The van der Waals surface area contributed by atoms with Gasteiger partial charge in [0, 0.05) is 44.5 Å². The molecule has 0 aliphatic carbocycles. The number of imidazole rings is 1. The molecular weight excluding hydrogens is 429 g/mol. The number of fused-ring (bicyclic) bond motifs is 1. The fraction of sp³-hybridized carbons (Fsp3) is 0.481. The van der Waals surface area contributed by atoms with Crippen LogP contribution in [-0.4, -0.2) is 75.5 Å². The van der Waals surface area contributed by atoms with E-state index in [-0.39, 0.29) is 11.7 Å². The molecule has 34 heavy (non-hydrogen) atoms. The van der Waals surface area contributed by atoms with Gasteiger partial charge in [-0.3, -0.25) is 19.2 Å². The van der Waals surface area contributed by atoms with Crippen LogP contribution in [0.25, 0.3) is 16.7 Å². The van der Waals surface area contributed by atoms with E-state index in [2.05, 4.69) is 39.2 Å². The second kappa shape index (κ2) is 9.84. The van der Waals surface area contributed by atoms with Crippen LogP contribution in [0.5, 0.6) is 0 Å².